The van der Waals surface area contributed by atoms with Crippen LogP contribution in [0.5, 0.6) is 0 Å². The molecular weight excluding hydrogens is 240 g/mol. The Balaban J connectivity index is 1.99. The van der Waals surface area contributed by atoms with Gasteiger partial charge in [0.15, 0.2) is 5.82 Å². The molecule has 2 aromatic rings. The Labute approximate surface area is 112 Å². The van der Waals surface area contributed by atoms with Gasteiger partial charge in [-0.05, 0) is 12.8 Å². The largest absolute Gasteiger partial charge is 0.382 e. The number of nitrogen functional groups attached to an aromatic ring is 2. The molecule has 0 radical (unpaired) electrons. The molecule has 19 heavy (non-hydrogen) atoms. The number of rotatable bonds is 2. The van der Waals surface area contributed by atoms with Gasteiger partial charge in [-0.15, -0.1) is 0 Å². The SMILES string of the molecule is Nc1c(C2CCOCC2)nc(-c2ccccc2)n1N. The van der Waals surface area contributed by atoms with E-state index in [0.29, 0.717) is 11.7 Å². The molecule has 0 unspecified atom stereocenters. The quantitative estimate of drug-likeness (QED) is 0.804. The molecule has 1 fully saturated rings. The first kappa shape index (κ1) is 12.0. The van der Waals surface area contributed by atoms with Crippen molar-refractivity contribution < 1.29 is 4.74 Å². The molecule has 0 spiro atoms. The van der Waals surface area contributed by atoms with Gasteiger partial charge in [-0.2, -0.15) is 0 Å². The van der Waals surface area contributed by atoms with E-state index in [4.69, 9.17) is 16.3 Å². The van der Waals surface area contributed by atoms with Crippen LogP contribution in [-0.2, 0) is 4.74 Å². The predicted molar refractivity (Wildman–Crippen MR) is 75.0 cm³/mol. The highest BCUT2D eigenvalue weighted by molar-refractivity contribution is 5.61. The van der Waals surface area contributed by atoms with Gasteiger partial charge in [0.25, 0.3) is 0 Å². The maximum atomic E-state index is 6.11. The first-order valence-electron chi connectivity index (χ1n) is 6.53. The van der Waals surface area contributed by atoms with E-state index < -0.39 is 0 Å². The van der Waals surface area contributed by atoms with Crippen molar-refractivity contribution in [1.82, 2.24) is 9.66 Å². The normalized spacial score (nSPS) is 16.6. The zero-order valence-corrected chi connectivity index (χ0v) is 10.7. The highest BCUT2D eigenvalue weighted by Gasteiger charge is 2.24. The van der Waals surface area contributed by atoms with Crippen LogP contribution < -0.4 is 11.6 Å². The molecule has 0 amide bonds. The maximum Gasteiger partial charge on any atom is 0.160 e. The lowest BCUT2D eigenvalue weighted by atomic mass is 9.96. The van der Waals surface area contributed by atoms with E-state index in [0.717, 1.165) is 43.1 Å². The number of ether oxygens (including phenoxy) is 1. The van der Waals surface area contributed by atoms with Gasteiger partial charge in [0.2, 0.25) is 0 Å². The number of nitrogens with zero attached hydrogens (tertiary/aromatic N) is 2. The standard InChI is InChI=1S/C14H18N4O/c15-13-12(10-6-8-19-9-7-10)17-14(18(13)16)11-4-2-1-3-5-11/h1-5,10H,6-9,15-16H2. The van der Waals surface area contributed by atoms with Crippen molar-refractivity contribution in [2.75, 3.05) is 24.8 Å². The molecule has 100 valence electrons. The van der Waals surface area contributed by atoms with Gasteiger partial charge in [0.1, 0.15) is 5.82 Å². The van der Waals surface area contributed by atoms with E-state index in [2.05, 4.69) is 4.98 Å². The Morgan fingerprint density at radius 2 is 1.84 bits per heavy atom. The van der Waals surface area contributed by atoms with E-state index in [1.807, 2.05) is 30.3 Å². The van der Waals surface area contributed by atoms with E-state index >= 15 is 0 Å². The van der Waals surface area contributed by atoms with Gasteiger partial charge in [-0.25, -0.2) is 9.66 Å². The summed E-state index contributed by atoms with van der Waals surface area (Å²) in [5.41, 5.74) is 7.99. The third kappa shape index (κ3) is 2.17. The minimum Gasteiger partial charge on any atom is -0.382 e. The Kier molecular flexibility index (Phi) is 3.13. The number of nitrogens with two attached hydrogens (primary N) is 2. The number of hydrogen-bond acceptors (Lipinski definition) is 4. The molecule has 1 saturated heterocycles. The van der Waals surface area contributed by atoms with Gasteiger partial charge in [-0.1, -0.05) is 30.3 Å². The van der Waals surface area contributed by atoms with Gasteiger partial charge in [0.05, 0.1) is 5.69 Å². The van der Waals surface area contributed by atoms with Crippen molar-refractivity contribution in [3.63, 3.8) is 0 Å². The minimum absolute atomic E-state index is 0.348. The minimum atomic E-state index is 0.348. The fourth-order valence-corrected chi connectivity index (χ4v) is 2.53. The molecule has 0 saturated carbocycles. The van der Waals surface area contributed by atoms with Crippen molar-refractivity contribution in [2.24, 2.45) is 0 Å². The summed E-state index contributed by atoms with van der Waals surface area (Å²) in [5.74, 6) is 7.67. The summed E-state index contributed by atoms with van der Waals surface area (Å²) in [4.78, 5) is 4.66. The highest BCUT2D eigenvalue weighted by atomic mass is 16.5. The number of hydrogen-bond donors (Lipinski definition) is 2. The summed E-state index contributed by atoms with van der Waals surface area (Å²) in [6.07, 6.45) is 1.91. The Morgan fingerprint density at radius 3 is 2.53 bits per heavy atom. The number of aromatic nitrogens is 2. The molecule has 2 heterocycles. The first-order valence-corrected chi connectivity index (χ1v) is 6.53. The summed E-state index contributed by atoms with van der Waals surface area (Å²) in [6, 6.07) is 9.87. The molecule has 1 aliphatic heterocycles. The Morgan fingerprint density at radius 1 is 1.16 bits per heavy atom. The molecule has 5 heteroatoms. The van der Waals surface area contributed by atoms with E-state index in [1.54, 1.807) is 0 Å². The average Bonchev–Trinajstić information content (AvgIpc) is 2.77. The molecule has 3 rings (SSSR count). The molecule has 0 aliphatic carbocycles. The summed E-state index contributed by atoms with van der Waals surface area (Å²) in [6.45, 7) is 1.53. The topological polar surface area (TPSA) is 79.1 Å². The molecule has 0 bridgehead atoms. The van der Waals surface area contributed by atoms with E-state index in [1.165, 1.54) is 4.68 Å². The third-order valence-electron chi connectivity index (χ3n) is 3.62. The van der Waals surface area contributed by atoms with Crippen molar-refractivity contribution >= 4 is 5.82 Å². The summed E-state index contributed by atoms with van der Waals surface area (Å²) in [5, 5.41) is 0. The fraction of sp³-hybridized carbons (Fsp3) is 0.357. The van der Waals surface area contributed by atoms with Gasteiger partial charge >= 0.3 is 0 Å². The van der Waals surface area contributed by atoms with Gasteiger partial charge < -0.3 is 16.3 Å². The van der Waals surface area contributed by atoms with Crippen molar-refractivity contribution in [1.29, 1.82) is 0 Å². The van der Waals surface area contributed by atoms with Crippen LogP contribution >= 0.6 is 0 Å². The van der Waals surface area contributed by atoms with Crippen molar-refractivity contribution in [2.45, 2.75) is 18.8 Å². The van der Waals surface area contributed by atoms with Crippen LogP contribution in [0.15, 0.2) is 30.3 Å². The summed E-state index contributed by atoms with van der Waals surface area (Å²) < 4.78 is 6.86. The van der Waals surface area contributed by atoms with Crippen LogP contribution in [-0.4, -0.2) is 22.9 Å². The summed E-state index contributed by atoms with van der Waals surface area (Å²) in [7, 11) is 0. The molecule has 1 aromatic carbocycles. The zero-order valence-electron chi connectivity index (χ0n) is 10.7. The third-order valence-corrected chi connectivity index (χ3v) is 3.62. The lowest BCUT2D eigenvalue weighted by Crippen LogP contribution is -2.17. The van der Waals surface area contributed by atoms with Crippen LogP contribution in [0.3, 0.4) is 0 Å². The lowest BCUT2D eigenvalue weighted by molar-refractivity contribution is 0.0847. The zero-order chi connectivity index (χ0) is 13.2. The first-order chi connectivity index (χ1) is 9.27. The predicted octanol–water partition coefficient (Wildman–Crippen LogP) is 1.74. The number of benzene rings is 1. The molecule has 0 atom stereocenters. The number of imidazole rings is 1. The van der Waals surface area contributed by atoms with Crippen molar-refractivity contribution in [3.8, 4) is 11.4 Å². The average molecular weight is 258 g/mol. The number of anilines is 1. The summed E-state index contributed by atoms with van der Waals surface area (Å²) >= 11 is 0. The van der Waals surface area contributed by atoms with Crippen LogP contribution in [0, 0.1) is 0 Å². The maximum absolute atomic E-state index is 6.11. The fourth-order valence-electron chi connectivity index (χ4n) is 2.53. The Hall–Kier alpha value is -2.01. The van der Waals surface area contributed by atoms with Gasteiger partial charge in [-0.3, -0.25) is 0 Å². The smallest absolute Gasteiger partial charge is 0.160 e. The monoisotopic (exact) mass is 258 g/mol. The Bertz CT molecular complexity index is 558. The molecular formula is C14H18N4O. The van der Waals surface area contributed by atoms with Gasteiger partial charge in [0, 0.05) is 24.7 Å². The second-order valence-corrected chi connectivity index (χ2v) is 4.83. The molecule has 1 aromatic heterocycles. The molecule has 5 nitrogen and oxygen atoms in total. The van der Waals surface area contributed by atoms with Crippen LogP contribution in [0.2, 0.25) is 0 Å². The van der Waals surface area contributed by atoms with E-state index in [-0.39, 0.29) is 0 Å². The second kappa shape index (κ2) is 4.93. The highest BCUT2D eigenvalue weighted by Crippen LogP contribution is 2.32. The van der Waals surface area contributed by atoms with Crippen LogP contribution in [0.4, 0.5) is 5.82 Å². The molecule has 1 aliphatic rings. The van der Waals surface area contributed by atoms with Crippen LogP contribution in [0.1, 0.15) is 24.5 Å². The van der Waals surface area contributed by atoms with Crippen molar-refractivity contribution in [3.05, 3.63) is 36.0 Å². The second-order valence-electron chi connectivity index (χ2n) is 4.83. The van der Waals surface area contributed by atoms with E-state index in [9.17, 15) is 0 Å². The molecule has 4 N–H and O–H groups in total. The lowest BCUT2D eigenvalue weighted by Gasteiger charge is -2.20. The van der Waals surface area contributed by atoms with Crippen LogP contribution in [0.25, 0.3) is 11.4 Å².